The molecular formula is C10H16O. The van der Waals surface area contributed by atoms with Gasteiger partial charge in [-0.2, -0.15) is 0 Å². The summed E-state index contributed by atoms with van der Waals surface area (Å²) in [7, 11) is 0. The number of hydrogen-bond acceptors (Lipinski definition) is 1. The van der Waals surface area contributed by atoms with Crippen molar-refractivity contribution in [3.63, 3.8) is 0 Å². The van der Waals surface area contributed by atoms with Gasteiger partial charge in [0.15, 0.2) is 0 Å². The van der Waals surface area contributed by atoms with Crippen molar-refractivity contribution in [2.45, 2.75) is 26.7 Å². The molecule has 0 saturated heterocycles. The molecular weight excluding hydrogens is 136 g/mol. The summed E-state index contributed by atoms with van der Waals surface area (Å²) in [6.07, 6.45) is 8.71. The first-order valence-corrected chi connectivity index (χ1v) is 4.37. The molecule has 0 aliphatic heterocycles. The molecule has 1 heteroatoms. The molecule has 0 spiro atoms. The van der Waals surface area contributed by atoms with Crippen LogP contribution in [0.5, 0.6) is 0 Å². The summed E-state index contributed by atoms with van der Waals surface area (Å²) in [4.78, 5) is 0. The molecule has 1 aliphatic carbocycles. The van der Waals surface area contributed by atoms with Crippen LogP contribution in [0.1, 0.15) is 26.7 Å². The summed E-state index contributed by atoms with van der Waals surface area (Å²) in [6, 6.07) is 0. The van der Waals surface area contributed by atoms with E-state index in [1.165, 1.54) is 6.42 Å². The van der Waals surface area contributed by atoms with Crippen LogP contribution in [0, 0.1) is 5.92 Å². The van der Waals surface area contributed by atoms with Gasteiger partial charge in [0.1, 0.15) is 0 Å². The van der Waals surface area contributed by atoms with Crippen LogP contribution in [0.15, 0.2) is 24.0 Å². The Labute approximate surface area is 68.8 Å². The number of hydrogen-bond donors (Lipinski definition) is 0. The summed E-state index contributed by atoms with van der Waals surface area (Å²) < 4.78 is 5.42. The molecule has 1 atom stereocenters. The van der Waals surface area contributed by atoms with Crippen molar-refractivity contribution >= 4 is 0 Å². The Morgan fingerprint density at radius 3 is 3.00 bits per heavy atom. The first-order chi connectivity index (χ1) is 5.36. The summed E-state index contributed by atoms with van der Waals surface area (Å²) in [6.45, 7) is 5.03. The van der Waals surface area contributed by atoms with Gasteiger partial charge in [0.2, 0.25) is 0 Å². The van der Waals surface area contributed by atoms with Crippen molar-refractivity contribution in [2.24, 2.45) is 5.92 Å². The first-order valence-electron chi connectivity index (χ1n) is 4.37. The zero-order valence-corrected chi connectivity index (χ0v) is 7.34. The van der Waals surface area contributed by atoms with Gasteiger partial charge in [0, 0.05) is 6.42 Å². The van der Waals surface area contributed by atoms with Gasteiger partial charge >= 0.3 is 0 Å². The Hall–Kier alpha value is -0.720. The van der Waals surface area contributed by atoms with E-state index in [1.54, 1.807) is 0 Å². The van der Waals surface area contributed by atoms with Crippen LogP contribution in [-0.2, 0) is 4.74 Å². The zero-order chi connectivity index (χ0) is 8.10. The maximum absolute atomic E-state index is 5.42. The van der Waals surface area contributed by atoms with Crippen molar-refractivity contribution in [3.8, 4) is 0 Å². The second-order valence-corrected chi connectivity index (χ2v) is 2.82. The van der Waals surface area contributed by atoms with Gasteiger partial charge in [-0.15, -0.1) is 0 Å². The van der Waals surface area contributed by atoms with Gasteiger partial charge in [-0.05, 0) is 25.3 Å². The molecule has 0 aromatic heterocycles. The van der Waals surface area contributed by atoms with Crippen LogP contribution in [0.25, 0.3) is 0 Å². The third-order valence-electron chi connectivity index (χ3n) is 1.98. The van der Waals surface area contributed by atoms with E-state index in [-0.39, 0.29) is 0 Å². The van der Waals surface area contributed by atoms with Crippen LogP contribution >= 0.6 is 0 Å². The highest BCUT2D eigenvalue weighted by molar-refractivity contribution is 5.15. The maximum atomic E-state index is 5.42. The van der Waals surface area contributed by atoms with E-state index in [0.717, 1.165) is 18.8 Å². The van der Waals surface area contributed by atoms with Gasteiger partial charge in [-0.1, -0.05) is 19.1 Å². The fraction of sp³-hybridized carbons (Fsp3) is 0.600. The quantitative estimate of drug-likeness (QED) is 0.604. The van der Waals surface area contributed by atoms with Crippen molar-refractivity contribution in [1.82, 2.24) is 0 Å². The van der Waals surface area contributed by atoms with E-state index in [0.29, 0.717) is 5.92 Å². The molecule has 1 unspecified atom stereocenters. The van der Waals surface area contributed by atoms with Crippen molar-refractivity contribution in [1.29, 1.82) is 0 Å². The van der Waals surface area contributed by atoms with Crippen molar-refractivity contribution < 1.29 is 4.74 Å². The highest BCUT2D eigenvalue weighted by atomic mass is 16.5. The van der Waals surface area contributed by atoms with Gasteiger partial charge in [0.05, 0.1) is 12.4 Å². The zero-order valence-electron chi connectivity index (χ0n) is 7.34. The summed E-state index contributed by atoms with van der Waals surface area (Å²) in [5.41, 5.74) is 0. The molecule has 0 saturated carbocycles. The summed E-state index contributed by atoms with van der Waals surface area (Å²) >= 11 is 0. The lowest BCUT2D eigenvalue weighted by Gasteiger charge is -2.16. The minimum atomic E-state index is 0.696. The number of ether oxygens (including phenoxy) is 1. The fourth-order valence-electron chi connectivity index (χ4n) is 1.29. The standard InChI is InChI=1S/C10H16O/c1-3-9-6-5-7-10(8-9)11-4-2/h5-7,9H,3-4,8H2,1-2H3. The lowest BCUT2D eigenvalue weighted by molar-refractivity contribution is 0.209. The predicted octanol–water partition coefficient (Wildman–Crippen LogP) is 2.89. The molecule has 62 valence electrons. The molecule has 0 aromatic carbocycles. The average Bonchev–Trinajstić information content (AvgIpc) is 2.06. The smallest absolute Gasteiger partial charge is 0.0965 e. The molecule has 1 aliphatic rings. The van der Waals surface area contributed by atoms with Gasteiger partial charge in [-0.25, -0.2) is 0 Å². The topological polar surface area (TPSA) is 9.23 Å². The van der Waals surface area contributed by atoms with Crippen molar-refractivity contribution in [2.75, 3.05) is 6.61 Å². The molecule has 0 amide bonds. The minimum absolute atomic E-state index is 0.696. The van der Waals surface area contributed by atoms with Crippen LogP contribution in [0.2, 0.25) is 0 Å². The number of allylic oxidation sites excluding steroid dienone is 4. The molecule has 1 rings (SSSR count). The van der Waals surface area contributed by atoms with E-state index in [4.69, 9.17) is 4.74 Å². The van der Waals surface area contributed by atoms with Crippen LogP contribution in [-0.4, -0.2) is 6.61 Å². The van der Waals surface area contributed by atoms with E-state index in [9.17, 15) is 0 Å². The molecule has 0 bridgehead atoms. The van der Waals surface area contributed by atoms with E-state index in [1.807, 2.05) is 6.92 Å². The average molecular weight is 152 g/mol. The molecule has 0 radical (unpaired) electrons. The molecule has 0 heterocycles. The second kappa shape index (κ2) is 4.22. The lowest BCUT2D eigenvalue weighted by atomic mass is 9.97. The van der Waals surface area contributed by atoms with Gasteiger partial charge < -0.3 is 4.74 Å². The highest BCUT2D eigenvalue weighted by Gasteiger charge is 2.09. The third kappa shape index (κ3) is 2.41. The maximum Gasteiger partial charge on any atom is 0.0965 e. The second-order valence-electron chi connectivity index (χ2n) is 2.82. The fourth-order valence-corrected chi connectivity index (χ4v) is 1.29. The summed E-state index contributed by atoms with van der Waals surface area (Å²) in [5, 5.41) is 0. The molecule has 0 N–H and O–H groups in total. The largest absolute Gasteiger partial charge is 0.498 e. The van der Waals surface area contributed by atoms with Crippen LogP contribution in [0.4, 0.5) is 0 Å². The van der Waals surface area contributed by atoms with Crippen molar-refractivity contribution in [3.05, 3.63) is 24.0 Å². The Balaban J connectivity index is 2.43. The van der Waals surface area contributed by atoms with E-state index < -0.39 is 0 Å². The Morgan fingerprint density at radius 2 is 2.36 bits per heavy atom. The molecule has 0 fully saturated rings. The highest BCUT2D eigenvalue weighted by Crippen LogP contribution is 2.21. The third-order valence-corrected chi connectivity index (χ3v) is 1.98. The van der Waals surface area contributed by atoms with E-state index >= 15 is 0 Å². The summed E-state index contributed by atoms with van der Waals surface area (Å²) in [5.74, 6) is 1.84. The predicted molar refractivity (Wildman–Crippen MR) is 47.2 cm³/mol. The van der Waals surface area contributed by atoms with Gasteiger partial charge in [0.25, 0.3) is 0 Å². The minimum Gasteiger partial charge on any atom is -0.498 e. The van der Waals surface area contributed by atoms with Crippen LogP contribution < -0.4 is 0 Å². The molecule has 11 heavy (non-hydrogen) atoms. The molecule has 0 aromatic rings. The van der Waals surface area contributed by atoms with Crippen LogP contribution in [0.3, 0.4) is 0 Å². The first kappa shape index (κ1) is 8.38. The Bertz CT molecular complexity index is 168. The Morgan fingerprint density at radius 1 is 1.55 bits per heavy atom. The number of rotatable bonds is 3. The monoisotopic (exact) mass is 152 g/mol. The SMILES string of the molecule is CCOC1=CC=CC(CC)C1. The molecule has 1 nitrogen and oxygen atoms in total. The van der Waals surface area contributed by atoms with E-state index in [2.05, 4.69) is 25.2 Å². The lowest BCUT2D eigenvalue weighted by Crippen LogP contribution is -2.03. The Kier molecular flexibility index (Phi) is 3.21. The normalized spacial score (nSPS) is 23.1. The van der Waals surface area contributed by atoms with Gasteiger partial charge in [-0.3, -0.25) is 0 Å².